The van der Waals surface area contributed by atoms with E-state index in [9.17, 15) is 4.79 Å². The summed E-state index contributed by atoms with van der Waals surface area (Å²) in [5.74, 6) is 0. The molecule has 0 aliphatic rings. The SMILES string of the molecule is CCc1cc(=O)n(-c2nc3ccccc3s2)[nH]1. The zero-order chi connectivity index (χ0) is 11.8. The third-order valence-electron chi connectivity index (χ3n) is 2.63. The van der Waals surface area contributed by atoms with Crippen molar-refractivity contribution in [2.45, 2.75) is 13.3 Å². The van der Waals surface area contributed by atoms with Crippen molar-refractivity contribution in [2.75, 3.05) is 0 Å². The fourth-order valence-electron chi connectivity index (χ4n) is 1.72. The molecule has 0 radical (unpaired) electrons. The van der Waals surface area contributed by atoms with Crippen molar-refractivity contribution in [3.05, 3.63) is 46.4 Å². The standard InChI is InChI=1S/C12H11N3OS/c1-2-8-7-11(16)15(14-8)12-13-9-5-3-4-6-10(9)17-12/h3-7,14H,2H2,1H3. The van der Waals surface area contributed by atoms with E-state index in [4.69, 9.17) is 0 Å². The topological polar surface area (TPSA) is 50.7 Å². The lowest BCUT2D eigenvalue weighted by molar-refractivity contribution is 0.814. The first-order valence-electron chi connectivity index (χ1n) is 5.45. The molecule has 0 aliphatic carbocycles. The van der Waals surface area contributed by atoms with Gasteiger partial charge in [-0.1, -0.05) is 30.4 Å². The molecular formula is C12H11N3OS. The maximum absolute atomic E-state index is 11.8. The highest BCUT2D eigenvalue weighted by atomic mass is 32.1. The van der Waals surface area contributed by atoms with Gasteiger partial charge in [-0.25, -0.2) is 4.98 Å². The number of rotatable bonds is 2. The number of benzene rings is 1. The van der Waals surface area contributed by atoms with E-state index in [0.29, 0.717) is 5.13 Å². The van der Waals surface area contributed by atoms with Crippen molar-refractivity contribution in [1.29, 1.82) is 0 Å². The van der Waals surface area contributed by atoms with E-state index in [-0.39, 0.29) is 5.56 Å². The number of aromatic nitrogens is 3. The average Bonchev–Trinajstić information content (AvgIpc) is 2.91. The average molecular weight is 245 g/mol. The molecule has 0 aliphatic heterocycles. The lowest BCUT2D eigenvalue weighted by Crippen LogP contribution is -2.12. The minimum atomic E-state index is -0.0547. The van der Waals surface area contributed by atoms with Crippen LogP contribution >= 0.6 is 11.3 Å². The molecule has 2 heterocycles. The summed E-state index contributed by atoms with van der Waals surface area (Å²) in [6.45, 7) is 2.01. The minimum Gasteiger partial charge on any atom is -0.293 e. The van der Waals surface area contributed by atoms with Crippen LogP contribution in [0.3, 0.4) is 0 Å². The molecule has 0 spiro atoms. The van der Waals surface area contributed by atoms with Gasteiger partial charge in [-0.3, -0.25) is 9.89 Å². The lowest BCUT2D eigenvalue weighted by atomic mass is 10.3. The molecule has 5 heteroatoms. The van der Waals surface area contributed by atoms with Crippen molar-refractivity contribution in [1.82, 2.24) is 14.8 Å². The Balaban J connectivity index is 2.20. The number of fused-ring (bicyclic) bond motifs is 1. The first kappa shape index (κ1) is 10.3. The van der Waals surface area contributed by atoms with E-state index in [1.807, 2.05) is 31.2 Å². The zero-order valence-electron chi connectivity index (χ0n) is 9.30. The molecule has 0 bridgehead atoms. The molecule has 0 unspecified atom stereocenters. The van der Waals surface area contributed by atoms with Crippen LogP contribution in [0.4, 0.5) is 0 Å². The third kappa shape index (κ3) is 1.68. The molecule has 0 atom stereocenters. The molecule has 1 aromatic carbocycles. The van der Waals surface area contributed by atoms with Gasteiger partial charge in [0.25, 0.3) is 5.56 Å². The second kappa shape index (κ2) is 3.85. The Hall–Kier alpha value is -1.88. The van der Waals surface area contributed by atoms with Gasteiger partial charge in [0.1, 0.15) is 0 Å². The highest BCUT2D eigenvalue weighted by molar-refractivity contribution is 7.20. The molecule has 0 amide bonds. The van der Waals surface area contributed by atoms with Crippen molar-refractivity contribution < 1.29 is 0 Å². The Kier molecular flexibility index (Phi) is 2.33. The van der Waals surface area contributed by atoms with Crippen molar-refractivity contribution in [2.24, 2.45) is 0 Å². The van der Waals surface area contributed by atoms with Gasteiger partial charge in [0.15, 0.2) is 0 Å². The summed E-state index contributed by atoms with van der Waals surface area (Å²) in [6, 6.07) is 9.49. The largest absolute Gasteiger partial charge is 0.293 e. The fraction of sp³-hybridized carbons (Fsp3) is 0.167. The second-order valence-electron chi connectivity index (χ2n) is 3.77. The van der Waals surface area contributed by atoms with E-state index in [0.717, 1.165) is 22.3 Å². The normalized spacial score (nSPS) is 11.1. The van der Waals surface area contributed by atoms with Gasteiger partial charge in [0.05, 0.1) is 10.2 Å². The molecule has 0 saturated heterocycles. The molecule has 0 fully saturated rings. The van der Waals surface area contributed by atoms with Gasteiger partial charge in [-0.2, -0.15) is 4.68 Å². The molecule has 1 N–H and O–H groups in total. The van der Waals surface area contributed by atoms with Crippen LogP contribution in [0.2, 0.25) is 0 Å². The van der Waals surface area contributed by atoms with Crippen LogP contribution in [0.5, 0.6) is 0 Å². The van der Waals surface area contributed by atoms with E-state index in [2.05, 4.69) is 10.1 Å². The summed E-state index contributed by atoms with van der Waals surface area (Å²) in [6.07, 6.45) is 0.813. The van der Waals surface area contributed by atoms with Crippen molar-refractivity contribution in [3.8, 4) is 5.13 Å². The van der Waals surface area contributed by atoms with Crippen molar-refractivity contribution >= 4 is 21.6 Å². The van der Waals surface area contributed by atoms with Gasteiger partial charge in [-0.15, -0.1) is 0 Å². The van der Waals surface area contributed by atoms with Crippen LogP contribution in [0, 0.1) is 0 Å². The Morgan fingerprint density at radius 3 is 2.94 bits per heavy atom. The number of aryl methyl sites for hydroxylation is 1. The molecular weight excluding hydrogens is 234 g/mol. The number of para-hydroxylation sites is 1. The molecule has 17 heavy (non-hydrogen) atoms. The van der Waals surface area contributed by atoms with E-state index in [1.54, 1.807) is 6.07 Å². The first-order chi connectivity index (χ1) is 8.28. The zero-order valence-corrected chi connectivity index (χ0v) is 10.1. The van der Waals surface area contributed by atoms with Gasteiger partial charge >= 0.3 is 0 Å². The maximum Gasteiger partial charge on any atom is 0.273 e. The monoisotopic (exact) mass is 245 g/mol. The van der Waals surface area contributed by atoms with Gasteiger partial charge in [0, 0.05) is 11.8 Å². The fourth-order valence-corrected chi connectivity index (χ4v) is 2.66. The van der Waals surface area contributed by atoms with Gasteiger partial charge in [-0.05, 0) is 18.6 Å². The Morgan fingerprint density at radius 1 is 1.41 bits per heavy atom. The summed E-state index contributed by atoms with van der Waals surface area (Å²) >= 11 is 1.51. The summed E-state index contributed by atoms with van der Waals surface area (Å²) in [5, 5.41) is 3.75. The Bertz CT molecular complexity index is 690. The van der Waals surface area contributed by atoms with Crippen LogP contribution < -0.4 is 5.56 Å². The predicted octanol–water partition coefficient (Wildman–Crippen LogP) is 2.34. The molecule has 86 valence electrons. The first-order valence-corrected chi connectivity index (χ1v) is 6.26. The minimum absolute atomic E-state index is 0.0547. The maximum atomic E-state index is 11.8. The Morgan fingerprint density at radius 2 is 2.24 bits per heavy atom. The van der Waals surface area contributed by atoms with E-state index in [1.165, 1.54) is 16.0 Å². The second-order valence-corrected chi connectivity index (χ2v) is 4.78. The van der Waals surface area contributed by atoms with Gasteiger partial charge < -0.3 is 0 Å². The van der Waals surface area contributed by atoms with Crippen molar-refractivity contribution in [3.63, 3.8) is 0 Å². The number of H-pyrrole nitrogens is 1. The number of hydrogen-bond donors (Lipinski definition) is 1. The van der Waals surface area contributed by atoms with E-state index >= 15 is 0 Å². The molecule has 0 saturated carbocycles. The summed E-state index contributed by atoms with van der Waals surface area (Å²) < 4.78 is 2.59. The number of thiazole rings is 1. The number of hydrogen-bond acceptors (Lipinski definition) is 3. The summed E-state index contributed by atoms with van der Waals surface area (Å²) in [7, 11) is 0. The Labute approximate surface area is 102 Å². The quantitative estimate of drug-likeness (QED) is 0.753. The number of aromatic amines is 1. The summed E-state index contributed by atoms with van der Waals surface area (Å²) in [5.41, 5.74) is 1.79. The number of nitrogens with one attached hydrogen (secondary N) is 1. The smallest absolute Gasteiger partial charge is 0.273 e. The molecule has 3 rings (SSSR count). The highest BCUT2D eigenvalue weighted by Crippen LogP contribution is 2.23. The molecule has 2 aromatic heterocycles. The van der Waals surface area contributed by atoms with Crippen LogP contribution in [0.25, 0.3) is 15.3 Å². The lowest BCUT2D eigenvalue weighted by Gasteiger charge is -1.94. The third-order valence-corrected chi connectivity index (χ3v) is 3.65. The van der Waals surface area contributed by atoms with Crippen LogP contribution in [-0.2, 0) is 6.42 Å². The molecule has 3 aromatic rings. The van der Waals surface area contributed by atoms with Crippen LogP contribution in [0.1, 0.15) is 12.6 Å². The van der Waals surface area contributed by atoms with E-state index < -0.39 is 0 Å². The van der Waals surface area contributed by atoms with Crippen LogP contribution in [0.15, 0.2) is 35.1 Å². The summed E-state index contributed by atoms with van der Waals surface area (Å²) in [4.78, 5) is 16.2. The number of nitrogens with zero attached hydrogens (tertiary/aromatic N) is 2. The predicted molar refractivity (Wildman–Crippen MR) is 68.9 cm³/mol. The highest BCUT2D eigenvalue weighted by Gasteiger charge is 2.09. The molecule has 4 nitrogen and oxygen atoms in total. The van der Waals surface area contributed by atoms with Crippen LogP contribution in [-0.4, -0.2) is 14.8 Å². The van der Waals surface area contributed by atoms with Gasteiger partial charge in [0.2, 0.25) is 5.13 Å².